The van der Waals surface area contributed by atoms with E-state index in [0.29, 0.717) is 31.5 Å². The van der Waals surface area contributed by atoms with Crippen LogP contribution in [-0.2, 0) is 17.8 Å². The van der Waals surface area contributed by atoms with Gasteiger partial charge in [-0.05, 0) is 24.6 Å². The Morgan fingerprint density at radius 3 is 2.55 bits per heavy atom. The molecule has 3 aromatic rings. The van der Waals surface area contributed by atoms with E-state index in [2.05, 4.69) is 4.57 Å². The van der Waals surface area contributed by atoms with Crippen molar-refractivity contribution in [2.45, 2.75) is 38.8 Å². The van der Waals surface area contributed by atoms with Gasteiger partial charge in [-0.25, -0.2) is 5.48 Å². The maximum Gasteiger partial charge on any atom is 0.266 e. The molecule has 150 valence electrons. The molecular weight excluding hydrogens is 366 g/mol. The molecule has 1 aromatic heterocycles. The largest absolute Gasteiger partial charge is 0.334 e. The minimum atomic E-state index is -0.477. The average molecular weight is 391 g/mol. The van der Waals surface area contributed by atoms with Crippen molar-refractivity contribution >= 4 is 22.7 Å². The van der Waals surface area contributed by atoms with Crippen LogP contribution >= 0.6 is 0 Å². The quantitative estimate of drug-likeness (QED) is 0.515. The van der Waals surface area contributed by atoms with Crippen LogP contribution in [0.25, 0.3) is 10.9 Å². The lowest BCUT2D eigenvalue weighted by atomic mass is 10.0. The van der Waals surface area contributed by atoms with Gasteiger partial charge in [-0.15, -0.1) is 0 Å². The first-order valence-electron chi connectivity index (χ1n) is 10.0. The number of rotatable bonds is 5. The summed E-state index contributed by atoms with van der Waals surface area (Å²) in [6.45, 7) is 3.13. The molecular formula is C23H25N3O3. The summed E-state index contributed by atoms with van der Waals surface area (Å²) in [5, 5.41) is 10.3. The molecule has 1 atom stereocenters. The summed E-state index contributed by atoms with van der Waals surface area (Å²) >= 11 is 0. The summed E-state index contributed by atoms with van der Waals surface area (Å²) in [6, 6.07) is 16.8. The standard InChI is InChI=1S/C23H25N3O3/c1-2-8-21(22(27)24-29)26-19-12-7-6-11-17(19)18-15-25(14-13-20(18)26)23(28)16-9-4-3-5-10-16/h3-7,9-12,21,29H,2,8,13-15H2,1H3,(H,24,27). The van der Waals surface area contributed by atoms with Crippen molar-refractivity contribution in [2.75, 3.05) is 6.54 Å². The van der Waals surface area contributed by atoms with Crippen molar-refractivity contribution in [3.8, 4) is 0 Å². The fourth-order valence-corrected chi connectivity index (χ4v) is 4.36. The van der Waals surface area contributed by atoms with E-state index < -0.39 is 11.9 Å². The summed E-state index contributed by atoms with van der Waals surface area (Å²) in [5.41, 5.74) is 5.64. The summed E-state index contributed by atoms with van der Waals surface area (Å²) in [6.07, 6.45) is 2.11. The van der Waals surface area contributed by atoms with Gasteiger partial charge in [0.1, 0.15) is 6.04 Å². The van der Waals surface area contributed by atoms with Gasteiger partial charge in [-0.3, -0.25) is 14.8 Å². The highest BCUT2D eigenvalue weighted by Crippen LogP contribution is 2.35. The number of nitrogens with zero attached hydrogens (tertiary/aromatic N) is 2. The van der Waals surface area contributed by atoms with Gasteiger partial charge in [0.15, 0.2) is 0 Å². The molecule has 0 spiro atoms. The lowest BCUT2D eigenvalue weighted by Crippen LogP contribution is -2.37. The van der Waals surface area contributed by atoms with E-state index in [-0.39, 0.29) is 5.91 Å². The fraction of sp³-hybridized carbons (Fsp3) is 0.304. The Bertz CT molecular complexity index is 1040. The molecule has 6 heteroatoms. The molecule has 2 amide bonds. The Morgan fingerprint density at radius 1 is 1.10 bits per heavy atom. The minimum Gasteiger partial charge on any atom is -0.334 e. The number of benzene rings is 2. The van der Waals surface area contributed by atoms with E-state index in [4.69, 9.17) is 0 Å². The molecule has 2 aromatic carbocycles. The molecule has 6 nitrogen and oxygen atoms in total. The number of aromatic nitrogens is 1. The van der Waals surface area contributed by atoms with E-state index in [1.807, 2.05) is 71.9 Å². The Morgan fingerprint density at radius 2 is 1.83 bits per heavy atom. The minimum absolute atomic E-state index is 0.0197. The Balaban J connectivity index is 1.77. The molecule has 2 heterocycles. The van der Waals surface area contributed by atoms with Crippen molar-refractivity contribution in [1.82, 2.24) is 14.9 Å². The zero-order valence-electron chi connectivity index (χ0n) is 16.5. The summed E-state index contributed by atoms with van der Waals surface area (Å²) in [5.74, 6) is -0.385. The highest BCUT2D eigenvalue weighted by atomic mass is 16.5. The van der Waals surface area contributed by atoms with E-state index in [1.54, 1.807) is 0 Å². The number of nitrogens with one attached hydrogen (secondary N) is 1. The zero-order valence-corrected chi connectivity index (χ0v) is 16.5. The smallest absolute Gasteiger partial charge is 0.266 e. The molecule has 0 saturated heterocycles. The molecule has 4 rings (SSSR count). The normalized spacial score (nSPS) is 14.5. The third kappa shape index (κ3) is 3.40. The van der Waals surface area contributed by atoms with Gasteiger partial charge in [0.25, 0.3) is 11.8 Å². The SMILES string of the molecule is CCCC(C(=O)NO)n1c2c(c3ccccc31)CN(C(=O)c1ccccc1)CC2. The van der Waals surface area contributed by atoms with E-state index >= 15 is 0 Å². The number of hydrogen-bond acceptors (Lipinski definition) is 3. The molecule has 2 N–H and O–H groups in total. The van der Waals surface area contributed by atoms with Gasteiger partial charge >= 0.3 is 0 Å². The number of hydrogen-bond donors (Lipinski definition) is 2. The van der Waals surface area contributed by atoms with Crippen LogP contribution in [0.15, 0.2) is 54.6 Å². The van der Waals surface area contributed by atoms with Crippen molar-refractivity contribution < 1.29 is 14.8 Å². The van der Waals surface area contributed by atoms with Crippen LogP contribution in [0, 0.1) is 0 Å². The predicted octanol–water partition coefficient (Wildman–Crippen LogP) is 3.69. The predicted molar refractivity (Wildman–Crippen MR) is 111 cm³/mol. The lowest BCUT2D eigenvalue weighted by molar-refractivity contribution is -0.132. The molecule has 0 fully saturated rings. The monoisotopic (exact) mass is 391 g/mol. The lowest BCUT2D eigenvalue weighted by Gasteiger charge is -2.30. The molecule has 0 bridgehead atoms. The molecule has 0 saturated carbocycles. The van der Waals surface area contributed by atoms with Crippen LogP contribution in [0.2, 0.25) is 0 Å². The first kappa shape index (κ1) is 19.2. The number of hydroxylamine groups is 1. The van der Waals surface area contributed by atoms with Crippen LogP contribution in [0.4, 0.5) is 0 Å². The average Bonchev–Trinajstić information content (AvgIpc) is 3.10. The second-order valence-corrected chi connectivity index (χ2v) is 7.44. The third-order valence-corrected chi connectivity index (χ3v) is 5.69. The number of para-hydroxylation sites is 1. The van der Waals surface area contributed by atoms with Gasteiger partial charge in [0, 0.05) is 47.2 Å². The number of carbonyl (C=O) groups excluding carboxylic acids is 2. The first-order valence-corrected chi connectivity index (χ1v) is 10.0. The topological polar surface area (TPSA) is 74.6 Å². The highest BCUT2D eigenvalue weighted by molar-refractivity contribution is 5.95. The van der Waals surface area contributed by atoms with Crippen LogP contribution in [0.3, 0.4) is 0 Å². The maximum atomic E-state index is 13.0. The van der Waals surface area contributed by atoms with E-state index in [9.17, 15) is 14.8 Å². The van der Waals surface area contributed by atoms with E-state index in [1.165, 1.54) is 0 Å². The Kier molecular flexibility index (Phi) is 5.36. The van der Waals surface area contributed by atoms with Crippen molar-refractivity contribution in [3.05, 3.63) is 71.4 Å². The maximum absolute atomic E-state index is 13.0. The fourth-order valence-electron chi connectivity index (χ4n) is 4.36. The molecule has 1 unspecified atom stereocenters. The van der Waals surface area contributed by atoms with Crippen molar-refractivity contribution in [3.63, 3.8) is 0 Å². The van der Waals surface area contributed by atoms with Crippen LogP contribution in [-0.4, -0.2) is 33.0 Å². The highest BCUT2D eigenvalue weighted by Gasteiger charge is 2.31. The van der Waals surface area contributed by atoms with Gasteiger partial charge in [0.05, 0.1) is 0 Å². The molecule has 29 heavy (non-hydrogen) atoms. The number of carbonyl (C=O) groups is 2. The number of amides is 2. The molecule has 0 radical (unpaired) electrons. The van der Waals surface area contributed by atoms with Crippen LogP contribution in [0.1, 0.15) is 47.4 Å². The van der Waals surface area contributed by atoms with Gasteiger partial charge in [-0.2, -0.15) is 0 Å². The van der Waals surface area contributed by atoms with Gasteiger partial charge < -0.3 is 9.47 Å². The van der Waals surface area contributed by atoms with Crippen molar-refractivity contribution in [2.24, 2.45) is 0 Å². The summed E-state index contributed by atoms with van der Waals surface area (Å²) in [7, 11) is 0. The van der Waals surface area contributed by atoms with Crippen LogP contribution < -0.4 is 5.48 Å². The number of fused-ring (bicyclic) bond motifs is 3. The second-order valence-electron chi connectivity index (χ2n) is 7.44. The molecule has 0 aliphatic carbocycles. The summed E-state index contributed by atoms with van der Waals surface area (Å²) in [4.78, 5) is 27.3. The van der Waals surface area contributed by atoms with E-state index in [0.717, 1.165) is 28.6 Å². The second kappa shape index (κ2) is 8.09. The van der Waals surface area contributed by atoms with Crippen molar-refractivity contribution in [1.29, 1.82) is 0 Å². The van der Waals surface area contributed by atoms with Gasteiger partial charge in [-0.1, -0.05) is 49.7 Å². The zero-order chi connectivity index (χ0) is 20.4. The van der Waals surface area contributed by atoms with Gasteiger partial charge in [0.2, 0.25) is 0 Å². The third-order valence-electron chi connectivity index (χ3n) is 5.69. The first-order chi connectivity index (χ1) is 14.2. The Hall–Kier alpha value is -3.12. The van der Waals surface area contributed by atoms with Crippen LogP contribution in [0.5, 0.6) is 0 Å². The Labute approximate surface area is 169 Å². The molecule has 1 aliphatic heterocycles. The summed E-state index contributed by atoms with van der Waals surface area (Å²) < 4.78 is 2.06. The molecule has 1 aliphatic rings.